The summed E-state index contributed by atoms with van der Waals surface area (Å²) >= 11 is 7.49. The Balaban J connectivity index is 1.47. The minimum atomic E-state index is -0.433. The largest absolute Gasteiger partial charge is 0.451 e. The molecule has 1 aliphatic rings. The van der Waals surface area contributed by atoms with Gasteiger partial charge >= 0.3 is 5.97 Å². The van der Waals surface area contributed by atoms with Gasteiger partial charge < -0.3 is 10.1 Å². The number of hydrogen-bond donors (Lipinski definition) is 1. The molecule has 0 unspecified atom stereocenters. The molecule has 0 saturated heterocycles. The minimum Gasteiger partial charge on any atom is -0.451 e. The highest BCUT2D eigenvalue weighted by Crippen LogP contribution is 2.30. The predicted molar refractivity (Wildman–Crippen MR) is 89.9 cm³/mol. The van der Waals surface area contributed by atoms with Crippen LogP contribution in [-0.2, 0) is 28.9 Å². The third-order valence-electron chi connectivity index (χ3n) is 3.72. The molecule has 1 N–H and O–H groups in total. The van der Waals surface area contributed by atoms with E-state index in [9.17, 15) is 9.59 Å². The van der Waals surface area contributed by atoms with Gasteiger partial charge in [0.25, 0.3) is 5.91 Å². The Hall–Kier alpha value is -1.85. The van der Waals surface area contributed by atoms with E-state index in [1.165, 1.54) is 21.8 Å². The van der Waals surface area contributed by atoms with Crippen LogP contribution in [0, 0.1) is 0 Å². The summed E-state index contributed by atoms with van der Waals surface area (Å²) in [6.07, 6.45) is 3.21. The Morgan fingerprint density at radius 2 is 2.09 bits per heavy atom. The van der Waals surface area contributed by atoms with Crippen LogP contribution in [0.3, 0.4) is 0 Å². The maximum absolute atomic E-state index is 12.0. The molecule has 0 saturated carbocycles. The lowest BCUT2D eigenvalue weighted by atomic mass is 10.2. The van der Waals surface area contributed by atoms with Crippen LogP contribution in [0.15, 0.2) is 30.3 Å². The number of rotatable bonds is 5. The third-order valence-corrected chi connectivity index (χ3v) is 5.30. The van der Waals surface area contributed by atoms with E-state index >= 15 is 0 Å². The number of nitrogens with one attached hydrogen (secondary N) is 1. The Bertz CT molecular complexity index is 720. The van der Waals surface area contributed by atoms with Crippen LogP contribution in [0.4, 0.5) is 0 Å². The van der Waals surface area contributed by atoms with Gasteiger partial charge in [0.05, 0.1) is 0 Å². The minimum absolute atomic E-state index is 0.286. The normalized spacial score (nSPS) is 12.7. The molecule has 120 valence electrons. The zero-order chi connectivity index (χ0) is 16.2. The molecule has 0 radical (unpaired) electrons. The molecule has 1 heterocycles. The van der Waals surface area contributed by atoms with Crippen molar-refractivity contribution in [1.29, 1.82) is 0 Å². The topological polar surface area (TPSA) is 55.4 Å². The van der Waals surface area contributed by atoms with E-state index in [1.54, 1.807) is 6.07 Å². The molecule has 0 fully saturated rings. The Morgan fingerprint density at radius 1 is 1.26 bits per heavy atom. The lowest BCUT2D eigenvalue weighted by molar-refractivity contribution is -0.124. The van der Waals surface area contributed by atoms with Gasteiger partial charge in [-0.2, -0.15) is 0 Å². The average molecular weight is 350 g/mol. The second-order valence-electron chi connectivity index (χ2n) is 5.36. The zero-order valence-corrected chi connectivity index (χ0v) is 14.0. The summed E-state index contributed by atoms with van der Waals surface area (Å²) in [6, 6.07) is 9.16. The van der Waals surface area contributed by atoms with Gasteiger partial charge in [-0.15, -0.1) is 11.3 Å². The van der Waals surface area contributed by atoms with Gasteiger partial charge in [-0.3, -0.25) is 4.79 Å². The fourth-order valence-electron chi connectivity index (χ4n) is 2.52. The molecule has 0 spiro atoms. The van der Waals surface area contributed by atoms with E-state index in [-0.39, 0.29) is 12.5 Å². The van der Waals surface area contributed by atoms with Crippen LogP contribution in [0.5, 0.6) is 0 Å². The van der Waals surface area contributed by atoms with Gasteiger partial charge in [0.15, 0.2) is 6.61 Å². The van der Waals surface area contributed by atoms with E-state index in [0.717, 1.165) is 24.8 Å². The van der Waals surface area contributed by atoms with Crippen molar-refractivity contribution in [3.05, 3.63) is 56.2 Å². The summed E-state index contributed by atoms with van der Waals surface area (Å²) in [5, 5.41) is 3.28. The zero-order valence-electron chi connectivity index (χ0n) is 12.4. The first-order valence-electron chi connectivity index (χ1n) is 7.42. The molecule has 4 nitrogen and oxygen atoms in total. The molecule has 1 amide bonds. The highest BCUT2D eigenvalue weighted by molar-refractivity contribution is 7.14. The number of halogens is 1. The van der Waals surface area contributed by atoms with Crippen LogP contribution in [0.25, 0.3) is 0 Å². The predicted octanol–water partition coefficient (Wildman–Crippen LogP) is 3.36. The number of ether oxygens (including phenoxy) is 1. The van der Waals surface area contributed by atoms with Crippen molar-refractivity contribution in [1.82, 2.24) is 5.32 Å². The second-order valence-corrected chi connectivity index (χ2v) is 6.90. The fourth-order valence-corrected chi connectivity index (χ4v) is 3.87. The van der Waals surface area contributed by atoms with Crippen LogP contribution in [0.1, 0.15) is 32.1 Å². The molecule has 23 heavy (non-hydrogen) atoms. The first-order valence-corrected chi connectivity index (χ1v) is 8.62. The maximum atomic E-state index is 12.0. The Morgan fingerprint density at radius 3 is 2.87 bits per heavy atom. The van der Waals surface area contributed by atoms with Crippen molar-refractivity contribution in [2.45, 2.75) is 25.8 Å². The van der Waals surface area contributed by atoms with Crippen molar-refractivity contribution in [2.75, 3.05) is 6.61 Å². The number of carbonyl (C=O) groups excluding carboxylic acids is 2. The smallest absolute Gasteiger partial charge is 0.348 e. The van der Waals surface area contributed by atoms with E-state index in [2.05, 4.69) is 5.32 Å². The van der Waals surface area contributed by atoms with Crippen LogP contribution >= 0.6 is 22.9 Å². The molecule has 6 heteroatoms. The standard InChI is InChI=1S/C17H16ClNO3S/c18-13-6-2-1-4-12(13)9-19-16(20)10-22-17(21)15-8-11-5-3-7-14(11)23-15/h1-2,4,6,8H,3,5,7,9-10H2,(H,19,20). The summed E-state index contributed by atoms with van der Waals surface area (Å²) in [7, 11) is 0. The van der Waals surface area contributed by atoms with Gasteiger partial charge in [-0.1, -0.05) is 29.8 Å². The highest BCUT2D eigenvalue weighted by atomic mass is 35.5. The van der Waals surface area contributed by atoms with Crippen molar-refractivity contribution < 1.29 is 14.3 Å². The summed E-state index contributed by atoms with van der Waals surface area (Å²) in [4.78, 5) is 25.6. The average Bonchev–Trinajstić information content (AvgIpc) is 3.13. The SMILES string of the molecule is O=C(COC(=O)c1cc2c(s1)CCC2)NCc1ccccc1Cl. The Labute approximate surface area is 143 Å². The molecular weight excluding hydrogens is 334 g/mol. The third kappa shape index (κ3) is 3.92. The van der Waals surface area contributed by atoms with Gasteiger partial charge in [0.2, 0.25) is 0 Å². The second kappa shape index (κ2) is 7.15. The molecule has 1 aliphatic carbocycles. The van der Waals surface area contributed by atoms with Gasteiger partial charge in [0.1, 0.15) is 4.88 Å². The van der Waals surface area contributed by atoms with E-state index < -0.39 is 5.97 Å². The van der Waals surface area contributed by atoms with Crippen LogP contribution < -0.4 is 5.32 Å². The summed E-state index contributed by atoms with van der Waals surface area (Å²) in [6.45, 7) is 0.0230. The van der Waals surface area contributed by atoms with Crippen molar-refractivity contribution >= 4 is 34.8 Å². The number of hydrogen-bond acceptors (Lipinski definition) is 4. The first-order chi connectivity index (χ1) is 11.1. The summed E-state index contributed by atoms with van der Waals surface area (Å²) in [5.41, 5.74) is 2.06. The molecule has 0 atom stereocenters. The van der Waals surface area contributed by atoms with E-state index in [0.29, 0.717) is 16.4 Å². The maximum Gasteiger partial charge on any atom is 0.348 e. The summed E-state index contributed by atoms with van der Waals surface area (Å²) < 4.78 is 5.07. The molecule has 0 aliphatic heterocycles. The quantitative estimate of drug-likeness (QED) is 0.842. The highest BCUT2D eigenvalue weighted by Gasteiger charge is 2.19. The molecule has 2 aromatic rings. The van der Waals surface area contributed by atoms with Gasteiger partial charge in [-0.05, 0) is 42.5 Å². The monoisotopic (exact) mass is 349 g/mol. The van der Waals surface area contributed by atoms with Crippen molar-refractivity contribution in [3.63, 3.8) is 0 Å². The lowest BCUT2D eigenvalue weighted by Gasteiger charge is -2.07. The van der Waals surface area contributed by atoms with Crippen LogP contribution in [0.2, 0.25) is 5.02 Å². The fraction of sp³-hybridized carbons (Fsp3) is 0.294. The molecule has 1 aromatic heterocycles. The lowest BCUT2D eigenvalue weighted by Crippen LogP contribution is -2.28. The molecule has 1 aromatic carbocycles. The van der Waals surface area contributed by atoms with Gasteiger partial charge in [-0.25, -0.2) is 4.79 Å². The Kier molecular flexibility index (Phi) is 4.98. The van der Waals surface area contributed by atoms with Gasteiger partial charge in [0, 0.05) is 16.4 Å². The molecule has 0 bridgehead atoms. The van der Waals surface area contributed by atoms with Crippen molar-refractivity contribution in [2.24, 2.45) is 0 Å². The van der Waals surface area contributed by atoms with Crippen molar-refractivity contribution in [3.8, 4) is 0 Å². The first kappa shape index (κ1) is 16.0. The molecule has 3 rings (SSSR count). The van der Waals surface area contributed by atoms with E-state index in [4.69, 9.17) is 16.3 Å². The number of fused-ring (bicyclic) bond motifs is 1. The summed E-state index contributed by atoms with van der Waals surface area (Å²) in [5.74, 6) is -0.778. The number of carbonyl (C=O) groups is 2. The number of aryl methyl sites for hydroxylation is 2. The number of amides is 1. The van der Waals surface area contributed by atoms with E-state index in [1.807, 2.05) is 24.3 Å². The number of esters is 1. The van der Waals surface area contributed by atoms with Crippen LogP contribution in [-0.4, -0.2) is 18.5 Å². The number of benzene rings is 1. The molecular formula is C17H16ClNO3S. The number of thiophene rings is 1.